The monoisotopic (exact) mass is 260 g/mol. The van der Waals surface area contributed by atoms with Gasteiger partial charge in [-0.1, -0.05) is 37.5 Å². The first kappa shape index (κ1) is 14.1. The lowest BCUT2D eigenvalue weighted by Crippen LogP contribution is -2.35. The smallest absolute Gasteiger partial charge is 0.238 e. The molecular weight excluding hydrogens is 236 g/mol. The maximum absolute atomic E-state index is 11.8. The average Bonchev–Trinajstić information content (AvgIpc) is 2.79. The fraction of sp³-hybridized carbons (Fsp3) is 0.562. The molecule has 2 rings (SSSR count). The Bertz CT molecular complexity index is 419. The number of rotatable bonds is 5. The van der Waals surface area contributed by atoms with Gasteiger partial charge in [-0.2, -0.15) is 0 Å². The quantitative estimate of drug-likeness (QED) is 0.854. The van der Waals surface area contributed by atoms with Gasteiger partial charge in [-0.25, -0.2) is 0 Å². The first-order chi connectivity index (χ1) is 9.07. The van der Waals surface area contributed by atoms with Gasteiger partial charge in [0, 0.05) is 12.2 Å². The van der Waals surface area contributed by atoms with Crippen molar-refractivity contribution in [2.45, 2.75) is 39.5 Å². The predicted molar refractivity (Wildman–Crippen MR) is 79.3 cm³/mol. The molecule has 1 fully saturated rings. The average molecular weight is 260 g/mol. The molecule has 1 amide bonds. The standard InChI is InChI=1S/C16H24N2O/c1-13-5-7-14(8-6-13)18-15(19)11-17-12-16(2)9-3-4-10-16/h5-8,17H,3-4,9-12H2,1-2H3,(H,18,19). The number of nitrogens with one attached hydrogen (secondary N) is 2. The molecule has 3 heteroatoms. The normalized spacial score (nSPS) is 17.4. The van der Waals surface area contributed by atoms with E-state index in [9.17, 15) is 4.79 Å². The van der Waals surface area contributed by atoms with Crippen molar-refractivity contribution in [3.05, 3.63) is 29.8 Å². The Morgan fingerprint density at radius 1 is 1.21 bits per heavy atom. The van der Waals surface area contributed by atoms with Crippen LogP contribution in [0.1, 0.15) is 38.2 Å². The number of benzene rings is 1. The molecule has 3 nitrogen and oxygen atoms in total. The summed E-state index contributed by atoms with van der Waals surface area (Å²) >= 11 is 0. The van der Waals surface area contributed by atoms with Gasteiger partial charge in [-0.3, -0.25) is 4.79 Å². The number of anilines is 1. The van der Waals surface area contributed by atoms with Crippen LogP contribution >= 0.6 is 0 Å². The van der Waals surface area contributed by atoms with E-state index >= 15 is 0 Å². The summed E-state index contributed by atoms with van der Waals surface area (Å²) < 4.78 is 0. The maximum Gasteiger partial charge on any atom is 0.238 e. The Morgan fingerprint density at radius 3 is 2.47 bits per heavy atom. The highest BCUT2D eigenvalue weighted by Crippen LogP contribution is 2.36. The minimum Gasteiger partial charge on any atom is -0.325 e. The molecule has 1 aromatic rings. The van der Waals surface area contributed by atoms with Gasteiger partial charge in [0.2, 0.25) is 5.91 Å². The minimum absolute atomic E-state index is 0.0328. The van der Waals surface area contributed by atoms with Crippen LogP contribution in [0, 0.1) is 12.3 Å². The Balaban J connectivity index is 1.71. The zero-order valence-electron chi connectivity index (χ0n) is 12.0. The second-order valence-electron chi connectivity index (χ2n) is 6.04. The number of carbonyl (C=O) groups is 1. The molecule has 0 bridgehead atoms. The van der Waals surface area contributed by atoms with Crippen molar-refractivity contribution >= 4 is 11.6 Å². The highest BCUT2D eigenvalue weighted by molar-refractivity contribution is 5.92. The Morgan fingerprint density at radius 2 is 1.84 bits per heavy atom. The van der Waals surface area contributed by atoms with Gasteiger partial charge in [0.1, 0.15) is 0 Å². The number of hydrogen-bond acceptors (Lipinski definition) is 2. The van der Waals surface area contributed by atoms with Gasteiger partial charge in [-0.15, -0.1) is 0 Å². The van der Waals surface area contributed by atoms with Gasteiger partial charge < -0.3 is 10.6 Å². The molecule has 0 radical (unpaired) electrons. The van der Waals surface area contributed by atoms with Crippen LogP contribution in [0.25, 0.3) is 0 Å². The van der Waals surface area contributed by atoms with E-state index in [1.165, 1.54) is 31.2 Å². The molecule has 1 aliphatic rings. The molecule has 19 heavy (non-hydrogen) atoms. The van der Waals surface area contributed by atoms with Crippen LogP contribution in [0.2, 0.25) is 0 Å². The van der Waals surface area contributed by atoms with Crippen molar-refractivity contribution in [1.29, 1.82) is 0 Å². The molecule has 1 aromatic carbocycles. The number of aryl methyl sites for hydroxylation is 1. The number of carbonyl (C=O) groups excluding carboxylic acids is 1. The lowest BCUT2D eigenvalue weighted by Gasteiger charge is -2.23. The first-order valence-corrected chi connectivity index (χ1v) is 7.15. The van der Waals surface area contributed by atoms with Crippen molar-refractivity contribution in [2.75, 3.05) is 18.4 Å². The SMILES string of the molecule is Cc1ccc(NC(=O)CNCC2(C)CCCC2)cc1. The van der Waals surface area contributed by atoms with E-state index in [4.69, 9.17) is 0 Å². The summed E-state index contributed by atoms with van der Waals surface area (Å²) in [6, 6.07) is 7.88. The van der Waals surface area contributed by atoms with Crippen molar-refractivity contribution < 1.29 is 4.79 Å². The molecule has 0 atom stereocenters. The third-order valence-corrected chi connectivity index (χ3v) is 3.98. The number of amides is 1. The van der Waals surface area contributed by atoms with Gasteiger partial charge in [0.15, 0.2) is 0 Å². The van der Waals surface area contributed by atoms with Crippen LogP contribution in [0.4, 0.5) is 5.69 Å². The molecule has 104 valence electrons. The minimum atomic E-state index is 0.0328. The van der Waals surface area contributed by atoms with E-state index in [-0.39, 0.29) is 5.91 Å². The molecule has 1 saturated carbocycles. The van der Waals surface area contributed by atoms with Gasteiger partial charge in [0.25, 0.3) is 0 Å². The summed E-state index contributed by atoms with van der Waals surface area (Å²) in [5.41, 5.74) is 2.46. The molecule has 1 aliphatic carbocycles. The highest BCUT2D eigenvalue weighted by Gasteiger charge is 2.27. The van der Waals surface area contributed by atoms with Crippen LogP contribution in [0.3, 0.4) is 0 Å². The van der Waals surface area contributed by atoms with E-state index in [2.05, 4.69) is 17.6 Å². The molecule has 2 N–H and O–H groups in total. The molecule has 0 spiro atoms. The van der Waals surface area contributed by atoms with E-state index in [0.29, 0.717) is 12.0 Å². The molecule has 0 aliphatic heterocycles. The Hall–Kier alpha value is -1.35. The topological polar surface area (TPSA) is 41.1 Å². The lowest BCUT2D eigenvalue weighted by molar-refractivity contribution is -0.115. The van der Waals surface area contributed by atoms with Crippen LogP contribution in [-0.4, -0.2) is 19.0 Å². The molecule has 0 unspecified atom stereocenters. The van der Waals surface area contributed by atoms with Crippen molar-refractivity contribution in [3.8, 4) is 0 Å². The third kappa shape index (κ3) is 4.35. The zero-order valence-corrected chi connectivity index (χ0v) is 12.0. The molecule has 0 aromatic heterocycles. The molecule has 0 heterocycles. The highest BCUT2D eigenvalue weighted by atomic mass is 16.1. The predicted octanol–water partition coefficient (Wildman–Crippen LogP) is 3.10. The van der Waals surface area contributed by atoms with Crippen molar-refractivity contribution in [2.24, 2.45) is 5.41 Å². The largest absolute Gasteiger partial charge is 0.325 e. The van der Waals surface area contributed by atoms with E-state index in [0.717, 1.165) is 12.2 Å². The summed E-state index contributed by atoms with van der Waals surface area (Å²) in [6.07, 6.45) is 5.21. The molecular formula is C16H24N2O. The van der Waals surface area contributed by atoms with E-state index in [1.807, 2.05) is 31.2 Å². The van der Waals surface area contributed by atoms with E-state index in [1.54, 1.807) is 0 Å². The summed E-state index contributed by atoms with van der Waals surface area (Å²) in [5, 5.41) is 6.19. The maximum atomic E-state index is 11.8. The zero-order chi connectivity index (χ0) is 13.7. The Kier molecular flexibility index (Phi) is 4.59. The second kappa shape index (κ2) is 6.20. The Labute approximate surface area is 115 Å². The molecule has 0 saturated heterocycles. The van der Waals surface area contributed by atoms with Crippen molar-refractivity contribution in [1.82, 2.24) is 5.32 Å². The van der Waals surface area contributed by atoms with E-state index < -0.39 is 0 Å². The van der Waals surface area contributed by atoms with Crippen LogP contribution in [0.5, 0.6) is 0 Å². The first-order valence-electron chi connectivity index (χ1n) is 7.15. The van der Waals surface area contributed by atoms with Gasteiger partial charge in [-0.05, 0) is 37.3 Å². The second-order valence-corrected chi connectivity index (χ2v) is 6.04. The van der Waals surface area contributed by atoms with Crippen LogP contribution < -0.4 is 10.6 Å². The summed E-state index contributed by atoms with van der Waals surface area (Å²) in [6.45, 7) is 5.68. The lowest BCUT2D eigenvalue weighted by atomic mass is 9.89. The number of hydrogen-bond donors (Lipinski definition) is 2. The van der Waals surface area contributed by atoms with Gasteiger partial charge in [0.05, 0.1) is 6.54 Å². The van der Waals surface area contributed by atoms with Crippen LogP contribution in [-0.2, 0) is 4.79 Å². The van der Waals surface area contributed by atoms with Crippen LogP contribution in [0.15, 0.2) is 24.3 Å². The summed E-state index contributed by atoms with van der Waals surface area (Å²) in [4.78, 5) is 11.8. The fourth-order valence-corrected chi connectivity index (χ4v) is 2.73. The summed E-state index contributed by atoms with van der Waals surface area (Å²) in [5.74, 6) is 0.0328. The summed E-state index contributed by atoms with van der Waals surface area (Å²) in [7, 11) is 0. The van der Waals surface area contributed by atoms with Crippen molar-refractivity contribution in [3.63, 3.8) is 0 Å². The third-order valence-electron chi connectivity index (χ3n) is 3.98. The van der Waals surface area contributed by atoms with Gasteiger partial charge >= 0.3 is 0 Å². The fourth-order valence-electron chi connectivity index (χ4n) is 2.73.